The van der Waals surface area contributed by atoms with Crippen molar-refractivity contribution in [2.24, 2.45) is 0 Å². The Bertz CT molecular complexity index is 247. The van der Waals surface area contributed by atoms with Crippen LogP contribution in [-0.4, -0.2) is 81.7 Å². The van der Waals surface area contributed by atoms with E-state index in [0.717, 1.165) is 0 Å². The maximum Gasteiger partial charge on any atom is 2.00 e. The molecule has 0 heterocycles. The monoisotopic (exact) mass is 270 g/mol. The van der Waals surface area contributed by atoms with Gasteiger partial charge in [0.2, 0.25) is 0 Å². The summed E-state index contributed by atoms with van der Waals surface area (Å²) in [5.41, 5.74) is -2.74. The van der Waals surface area contributed by atoms with Crippen LogP contribution in [0.15, 0.2) is 0 Å². The molecule has 0 bridgehead atoms. The zero-order chi connectivity index (χ0) is 10.6. The van der Waals surface area contributed by atoms with Gasteiger partial charge in [0.15, 0.2) is 5.60 Å². The summed E-state index contributed by atoms with van der Waals surface area (Å²) in [5, 5.41) is 33.8. The van der Waals surface area contributed by atoms with Crippen LogP contribution in [0.4, 0.5) is 0 Å². The standard InChI is InChI=1S/C6H8O7.Ca.ClH.2H/c7-3(8)1-6(13,5(11)12)2-4(9)10;;;;/h13H,1-2H2,(H,7,8)(H,9,10)(H,11,12);;1H;;/q;+2;;2*-1. The molecule has 0 aliphatic heterocycles. The summed E-state index contributed by atoms with van der Waals surface area (Å²) >= 11 is 0. The number of aliphatic carboxylic acids is 3. The molecule has 0 aromatic rings. The molecule has 0 aromatic carbocycles. The van der Waals surface area contributed by atoms with E-state index in [4.69, 9.17) is 20.4 Å². The fourth-order valence-corrected chi connectivity index (χ4v) is 0.714. The van der Waals surface area contributed by atoms with E-state index in [1.54, 1.807) is 0 Å². The molecule has 9 heteroatoms. The van der Waals surface area contributed by atoms with E-state index >= 15 is 0 Å². The van der Waals surface area contributed by atoms with Gasteiger partial charge >= 0.3 is 55.6 Å². The second-order valence-corrected chi connectivity index (χ2v) is 2.48. The average Bonchev–Trinajstić information content (AvgIpc) is 1.82. The summed E-state index contributed by atoms with van der Waals surface area (Å²) < 4.78 is 0. The molecule has 0 aliphatic carbocycles. The molecule has 0 fully saturated rings. The fraction of sp³-hybridized carbons (Fsp3) is 0.500. The molecule has 0 rings (SSSR count). The van der Waals surface area contributed by atoms with Crippen LogP contribution in [0.2, 0.25) is 0 Å². The van der Waals surface area contributed by atoms with Crippen LogP contribution in [0, 0.1) is 0 Å². The fourth-order valence-electron chi connectivity index (χ4n) is 0.714. The van der Waals surface area contributed by atoms with Gasteiger partial charge in [0.1, 0.15) is 0 Å². The molecule has 0 spiro atoms. The molecule has 0 atom stereocenters. The van der Waals surface area contributed by atoms with Crippen molar-refractivity contribution in [2.75, 3.05) is 0 Å². The third kappa shape index (κ3) is 7.80. The van der Waals surface area contributed by atoms with E-state index in [1.165, 1.54) is 0 Å². The molecule has 0 unspecified atom stereocenters. The Morgan fingerprint density at radius 3 is 1.40 bits per heavy atom. The molecular formula is C6H11CaClO7. The zero-order valence-corrected chi connectivity index (χ0v) is 10.6. The maximum absolute atomic E-state index is 10.3. The predicted molar refractivity (Wildman–Crippen MR) is 52.3 cm³/mol. The van der Waals surface area contributed by atoms with Crippen molar-refractivity contribution in [2.45, 2.75) is 18.4 Å². The minimum Gasteiger partial charge on any atom is -1.00 e. The van der Waals surface area contributed by atoms with Crippen molar-refractivity contribution in [3.8, 4) is 0 Å². The molecule has 0 aliphatic rings. The van der Waals surface area contributed by atoms with Gasteiger partial charge in [-0.05, 0) is 0 Å². The number of carbonyl (C=O) groups is 3. The second kappa shape index (κ2) is 8.12. The first-order valence-corrected chi connectivity index (χ1v) is 3.17. The normalized spacial score (nSPS) is 9.40. The second-order valence-electron chi connectivity index (χ2n) is 2.48. The van der Waals surface area contributed by atoms with Crippen LogP contribution >= 0.6 is 12.4 Å². The van der Waals surface area contributed by atoms with Crippen molar-refractivity contribution in [1.29, 1.82) is 0 Å². The third-order valence-corrected chi connectivity index (χ3v) is 1.29. The zero-order valence-electron chi connectivity index (χ0n) is 9.54. The van der Waals surface area contributed by atoms with Crippen molar-refractivity contribution in [3.63, 3.8) is 0 Å². The minimum atomic E-state index is -2.74. The summed E-state index contributed by atoms with van der Waals surface area (Å²) in [5.74, 6) is -5.02. The largest absolute Gasteiger partial charge is 2.00 e. The first kappa shape index (κ1) is 20.3. The summed E-state index contributed by atoms with van der Waals surface area (Å²) in [6, 6.07) is 0. The molecule has 4 N–H and O–H groups in total. The van der Waals surface area contributed by atoms with Gasteiger partial charge in [-0.25, -0.2) is 4.79 Å². The summed E-state index contributed by atoms with van der Waals surface area (Å²) in [4.78, 5) is 30.5. The van der Waals surface area contributed by atoms with Crippen LogP contribution in [0.25, 0.3) is 0 Å². The Morgan fingerprint density at radius 1 is 1.00 bits per heavy atom. The molecule has 0 amide bonds. The van der Waals surface area contributed by atoms with Gasteiger partial charge in [-0.2, -0.15) is 0 Å². The van der Waals surface area contributed by atoms with Crippen molar-refractivity contribution >= 4 is 68.1 Å². The first-order valence-electron chi connectivity index (χ1n) is 3.17. The molecular weight excluding hydrogens is 260 g/mol. The SMILES string of the molecule is Cl.O=C(O)CC(O)(CC(=O)O)C(=O)O.[Ca+2].[H-].[H-]. The molecule has 0 aromatic heterocycles. The maximum atomic E-state index is 10.3. The van der Waals surface area contributed by atoms with Crippen LogP contribution in [0.1, 0.15) is 15.7 Å². The van der Waals surface area contributed by atoms with Gasteiger partial charge in [0.05, 0.1) is 12.8 Å². The van der Waals surface area contributed by atoms with Gasteiger partial charge in [0.25, 0.3) is 0 Å². The van der Waals surface area contributed by atoms with E-state index in [9.17, 15) is 14.4 Å². The van der Waals surface area contributed by atoms with Gasteiger partial charge in [-0.15, -0.1) is 12.4 Å². The third-order valence-electron chi connectivity index (χ3n) is 1.29. The number of carboxylic acids is 3. The quantitative estimate of drug-likeness (QED) is 0.472. The van der Waals surface area contributed by atoms with Gasteiger partial charge in [-0.1, -0.05) is 0 Å². The van der Waals surface area contributed by atoms with E-state index < -0.39 is 36.4 Å². The minimum absolute atomic E-state index is 0. The Hall–Kier alpha value is -0.0803. The molecule has 7 nitrogen and oxygen atoms in total. The first-order chi connectivity index (χ1) is 5.78. The van der Waals surface area contributed by atoms with Gasteiger partial charge in [-0.3, -0.25) is 9.59 Å². The van der Waals surface area contributed by atoms with Crippen LogP contribution in [0.3, 0.4) is 0 Å². The Balaban J connectivity index is -0.000000120. The topological polar surface area (TPSA) is 132 Å². The number of carboxylic acid groups (broad SMARTS) is 3. The Labute approximate surface area is 123 Å². The van der Waals surface area contributed by atoms with E-state index in [2.05, 4.69) is 0 Å². The smallest absolute Gasteiger partial charge is 1.00 e. The summed E-state index contributed by atoms with van der Waals surface area (Å²) in [7, 11) is 0. The Kier molecular flexibility index (Phi) is 11.0. The number of halogens is 1. The number of aliphatic hydroxyl groups is 1. The number of hydrogen-bond acceptors (Lipinski definition) is 4. The van der Waals surface area contributed by atoms with Crippen molar-refractivity contribution in [1.82, 2.24) is 0 Å². The van der Waals surface area contributed by atoms with Crippen LogP contribution in [0.5, 0.6) is 0 Å². The van der Waals surface area contributed by atoms with E-state index in [1.807, 2.05) is 0 Å². The number of rotatable bonds is 5. The average molecular weight is 271 g/mol. The van der Waals surface area contributed by atoms with Gasteiger partial charge < -0.3 is 23.3 Å². The molecule has 0 radical (unpaired) electrons. The van der Waals surface area contributed by atoms with Crippen molar-refractivity contribution in [3.05, 3.63) is 0 Å². The molecule has 0 saturated carbocycles. The van der Waals surface area contributed by atoms with Gasteiger partial charge in [0, 0.05) is 0 Å². The number of hydrogen-bond donors (Lipinski definition) is 4. The van der Waals surface area contributed by atoms with Crippen molar-refractivity contribution < 1.29 is 37.7 Å². The molecule has 15 heavy (non-hydrogen) atoms. The molecule has 86 valence electrons. The van der Waals surface area contributed by atoms with E-state index in [-0.39, 0.29) is 53.0 Å². The predicted octanol–water partition coefficient (Wildman–Crippen LogP) is -0.983. The Morgan fingerprint density at radius 2 is 1.27 bits per heavy atom. The summed E-state index contributed by atoms with van der Waals surface area (Å²) in [6.45, 7) is 0. The summed E-state index contributed by atoms with van der Waals surface area (Å²) in [6.07, 6.45) is -2.29. The van der Waals surface area contributed by atoms with Crippen LogP contribution < -0.4 is 0 Å². The van der Waals surface area contributed by atoms with E-state index in [0.29, 0.717) is 0 Å². The van der Waals surface area contributed by atoms with Crippen LogP contribution in [-0.2, 0) is 14.4 Å². The molecule has 0 saturated heterocycles.